The SMILES string of the molecule is N#C/C(=C/c1ccc(OCc2ccc(I)cc2)c(Br)c1)c1ccc2ccccc2c1. The minimum atomic E-state index is 0.505. The Morgan fingerprint density at radius 2 is 1.70 bits per heavy atom. The van der Waals surface area contributed by atoms with Gasteiger partial charge in [-0.05, 0) is 102 Å². The van der Waals surface area contributed by atoms with Crippen molar-refractivity contribution in [2.75, 3.05) is 0 Å². The molecule has 0 spiro atoms. The van der Waals surface area contributed by atoms with Gasteiger partial charge in [0.1, 0.15) is 12.4 Å². The Hall–Kier alpha value is -2.62. The van der Waals surface area contributed by atoms with Crippen molar-refractivity contribution >= 4 is 60.9 Å². The van der Waals surface area contributed by atoms with E-state index >= 15 is 0 Å². The van der Waals surface area contributed by atoms with Crippen LogP contribution >= 0.6 is 38.5 Å². The van der Waals surface area contributed by atoms with Crippen LogP contribution in [0.15, 0.2) is 89.4 Å². The lowest BCUT2D eigenvalue weighted by Gasteiger charge is -2.09. The zero-order valence-corrected chi connectivity index (χ0v) is 19.7. The Labute approximate surface area is 198 Å². The zero-order chi connectivity index (χ0) is 20.9. The molecule has 0 unspecified atom stereocenters. The molecule has 0 radical (unpaired) electrons. The molecule has 146 valence electrons. The highest BCUT2D eigenvalue weighted by molar-refractivity contribution is 14.1. The van der Waals surface area contributed by atoms with Gasteiger partial charge in [-0.3, -0.25) is 0 Å². The van der Waals surface area contributed by atoms with Crippen molar-refractivity contribution in [2.45, 2.75) is 6.61 Å². The molecule has 4 aromatic rings. The number of ether oxygens (including phenoxy) is 1. The summed E-state index contributed by atoms with van der Waals surface area (Å²) in [7, 11) is 0. The smallest absolute Gasteiger partial charge is 0.134 e. The molecular formula is C26H17BrINO. The molecule has 0 amide bonds. The number of fused-ring (bicyclic) bond motifs is 1. The van der Waals surface area contributed by atoms with Crippen molar-refractivity contribution < 1.29 is 4.74 Å². The van der Waals surface area contributed by atoms with Crippen molar-refractivity contribution in [1.29, 1.82) is 5.26 Å². The quantitative estimate of drug-likeness (QED) is 0.140. The van der Waals surface area contributed by atoms with E-state index in [1.54, 1.807) is 0 Å². The Balaban J connectivity index is 1.55. The van der Waals surface area contributed by atoms with Gasteiger partial charge in [-0.15, -0.1) is 0 Å². The van der Waals surface area contributed by atoms with Crippen molar-refractivity contribution in [3.63, 3.8) is 0 Å². The lowest BCUT2D eigenvalue weighted by Crippen LogP contribution is -1.96. The highest BCUT2D eigenvalue weighted by Gasteiger charge is 2.06. The molecule has 0 heterocycles. The second kappa shape index (κ2) is 9.46. The van der Waals surface area contributed by atoms with E-state index in [1.165, 1.54) is 3.57 Å². The maximum atomic E-state index is 9.71. The van der Waals surface area contributed by atoms with E-state index in [4.69, 9.17) is 4.74 Å². The summed E-state index contributed by atoms with van der Waals surface area (Å²) in [6, 6.07) is 30.7. The zero-order valence-electron chi connectivity index (χ0n) is 16.0. The number of halogens is 2. The number of hydrogen-bond donors (Lipinski definition) is 0. The molecule has 0 saturated carbocycles. The molecule has 0 bridgehead atoms. The third-order valence-electron chi connectivity index (χ3n) is 4.76. The molecule has 0 saturated heterocycles. The summed E-state index contributed by atoms with van der Waals surface area (Å²) in [6.45, 7) is 0.505. The van der Waals surface area contributed by atoms with Crippen LogP contribution in [0.4, 0.5) is 0 Å². The van der Waals surface area contributed by atoms with Gasteiger partial charge in [0.15, 0.2) is 0 Å². The van der Waals surface area contributed by atoms with Gasteiger partial charge in [-0.1, -0.05) is 54.6 Å². The van der Waals surface area contributed by atoms with Crippen LogP contribution in [0.5, 0.6) is 5.75 Å². The maximum absolute atomic E-state index is 9.71. The number of nitrogens with zero attached hydrogens (tertiary/aromatic N) is 1. The summed E-state index contributed by atoms with van der Waals surface area (Å²) in [5.41, 5.74) is 3.59. The standard InChI is InChI=1S/C26H17BrINO/c27-25-14-19(7-12-26(25)30-17-18-5-10-24(28)11-6-18)13-23(16-29)22-9-8-20-3-1-2-4-21(20)15-22/h1-15H,17H2/b23-13-. The van der Waals surface area contributed by atoms with Gasteiger partial charge >= 0.3 is 0 Å². The molecule has 0 aliphatic carbocycles. The van der Waals surface area contributed by atoms with Crippen LogP contribution in [0.2, 0.25) is 0 Å². The Morgan fingerprint density at radius 3 is 2.43 bits per heavy atom. The number of rotatable bonds is 5. The van der Waals surface area contributed by atoms with Crippen LogP contribution in [0.25, 0.3) is 22.4 Å². The van der Waals surface area contributed by atoms with Gasteiger partial charge in [0.2, 0.25) is 0 Å². The molecule has 0 aliphatic rings. The topological polar surface area (TPSA) is 33.0 Å². The largest absolute Gasteiger partial charge is 0.488 e. The Bertz CT molecular complexity index is 1270. The number of hydrogen-bond acceptors (Lipinski definition) is 2. The van der Waals surface area contributed by atoms with Crippen molar-refractivity contribution in [3.8, 4) is 11.8 Å². The molecule has 0 fully saturated rings. The molecule has 2 nitrogen and oxygen atoms in total. The fourth-order valence-electron chi connectivity index (χ4n) is 3.17. The first-order valence-corrected chi connectivity index (χ1v) is 11.3. The van der Waals surface area contributed by atoms with Crippen molar-refractivity contribution in [1.82, 2.24) is 0 Å². The van der Waals surface area contributed by atoms with E-state index in [0.29, 0.717) is 12.2 Å². The van der Waals surface area contributed by atoms with E-state index in [1.807, 2.05) is 48.5 Å². The summed E-state index contributed by atoms with van der Waals surface area (Å²) in [6.07, 6.45) is 1.90. The molecule has 4 heteroatoms. The molecule has 30 heavy (non-hydrogen) atoms. The van der Waals surface area contributed by atoms with Crippen LogP contribution in [-0.2, 0) is 6.61 Å². The minimum Gasteiger partial charge on any atom is -0.488 e. The third kappa shape index (κ3) is 4.92. The summed E-state index contributed by atoms with van der Waals surface area (Å²) in [5.74, 6) is 0.773. The Kier molecular flexibility index (Phi) is 6.51. The van der Waals surface area contributed by atoms with Gasteiger partial charge in [0.05, 0.1) is 16.1 Å². The van der Waals surface area contributed by atoms with E-state index < -0.39 is 0 Å². The van der Waals surface area contributed by atoms with Crippen LogP contribution in [0.3, 0.4) is 0 Å². The average molecular weight is 566 g/mol. The summed E-state index contributed by atoms with van der Waals surface area (Å²) in [5, 5.41) is 12.0. The van der Waals surface area contributed by atoms with Crippen molar-refractivity contribution in [2.24, 2.45) is 0 Å². The molecule has 0 atom stereocenters. The van der Waals surface area contributed by atoms with E-state index in [9.17, 15) is 5.26 Å². The second-order valence-corrected chi connectivity index (χ2v) is 8.94. The van der Waals surface area contributed by atoms with Gasteiger partial charge < -0.3 is 4.74 Å². The second-order valence-electron chi connectivity index (χ2n) is 6.84. The molecule has 4 aromatic carbocycles. The highest BCUT2D eigenvalue weighted by atomic mass is 127. The first-order valence-electron chi connectivity index (χ1n) is 9.40. The van der Waals surface area contributed by atoms with E-state index in [2.05, 4.69) is 87.1 Å². The summed E-state index contributed by atoms with van der Waals surface area (Å²) < 4.78 is 8.01. The molecule has 0 aliphatic heterocycles. The van der Waals surface area contributed by atoms with E-state index in [0.717, 1.165) is 37.7 Å². The monoisotopic (exact) mass is 565 g/mol. The van der Waals surface area contributed by atoms with Crippen LogP contribution in [0, 0.1) is 14.9 Å². The molecule has 0 aromatic heterocycles. The number of nitriles is 1. The lowest BCUT2D eigenvalue weighted by atomic mass is 10.0. The normalized spacial score (nSPS) is 11.3. The first kappa shape index (κ1) is 20.6. The van der Waals surface area contributed by atoms with E-state index in [-0.39, 0.29) is 0 Å². The predicted molar refractivity (Wildman–Crippen MR) is 135 cm³/mol. The molecule has 0 N–H and O–H groups in total. The number of benzene rings is 4. The maximum Gasteiger partial charge on any atom is 0.134 e. The van der Waals surface area contributed by atoms with Crippen LogP contribution < -0.4 is 4.74 Å². The van der Waals surface area contributed by atoms with Gasteiger partial charge in [-0.2, -0.15) is 5.26 Å². The highest BCUT2D eigenvalue weighted by Crippen LogP contribution is 2.29. The van der Waals surface area contributed by atoms with Gasteiger partial charge in [-0.25, -0.2) is 0 Å². The lowest BCUT2D eigenvalue weighted by molar-refractivity contribution is 0.304. The minimum absolute atomic E-state index is 0.505. The predicted octanol–water partition coefficient (Wildman–Crippen LogP) is 7.85. The molecular weight excluding hydrogens is 549 g/mol. The van der Waals surface area contributed by atoms with Gasteiger partial charge in [0.25, 0.3) is 0 Å². The number of allylic oxidation sites excluding steroid dienone is 1. The average Bonchev–Trinajstić information content (AvgIpc) is 2.77. The Morgan fingerprint density at radius 1 is 0.933 bits per heavy atom. The molecule has 4 rings (SSSR count). The van der Waals surface area contributed by atoms with Gasteiger partial charge in [0, 0.05) is 3.57 Å². The fourth-order valence-corrected chi connectivity index (χ4v) is 4.04. The first-order chi connectivity index (χ1) is 14.6. The van der Waals surface area contributed by atoms with Crippen LogP contribution in [0.1, 0.15) is 16.7 Å². The third-order valence-corrected chi connectivity index (χ3v) is 6.09. The van der Waals surface area contributed by atoms with Crippen LogP contribution in [-0.4, -0.2) is 0 Å². The summed E-state index contributed by atoms with van der Waals surface area (Å²) >= 11 is 5.88. The fraction of sp³-hybridized carbons (Fsp3) is 0.0385. The van der Waals surface area contributed by atoms with Crippen molar-refractivity contribution in [3.05, 3.63) is 110 Å². The summed E-state index contributed by atoms with van der Waals surface area (Å²) in [4.78, 5) is 0.